The van der Waals surface area contributed by atoms with Crippen LogP contribution in [0.5, 0.6) is 5.75 Å². The summed E-state index contributed by atoms with van der Waals surface area (Å²) in [6.45, 7) is 2.81. The largest absolute Gasteiger partial charge is 0.494 e. The Hall–Kier alpha value is -3.35. The number of esters is 1. The molecular formula is C20H19FN2O4. The van der Waals surface area contributed by atoms with Crippen LogP contribution in [0.1, 0.15) is 22.8 Å². The average molecular weight is 370 g/mol. The van der Waals surface area contributed by atoms with Gasteiger partial charge in [-0.25, -0.2) is 9.18 Å². The van der Waals surface area contributed by atoms with Gasteiger partial charge in [0.1, 0.15) is 17.3 Å². The number of carbonyl (C=O) groups excluding carboxylic acids is 1. The Morgan fingerprint density at radius 3 is 2.63 bits per heavy atom. The first-order valence-corrected chi connectivity index (χ1v) is 8.42. The molecule has 0 amide bonds. The van der Waals surface area contributed by atoms with E-state index in [1.165, 1.54) is 31.4 Å². The van der Waals surface area contributed by atoms with E-state index in [-0.39, 0.29) is 23.0 Å². The lowest BCUT2D eigenvalue weighted by Gasteiger charge is -2.10. The number of benzene rings is 2. The molecule has 0 aliphatic carbocycles. The molecule has 0 bridgehead atoms. The fourth-order valence-corrected chi connectivity index (χ4v) is 2.63. The van der Waals surface area contributed by atoms with E-state index in [1.54, 1.807) is 0 Å². The zero-order chi connectivity index (χ0) is 19.2. The first kappa shape index (κ1) is 18.4. The summed E-state index contributed by atoms with van der Waals surface area (Å²) in [5, 5.41) is 7.03. The van der Waals surface area contributed by atoms with Crippen LogP contribution in [-0.4, -0.2) is 24.8 Å². The first-order valence-electron chi connectivity index (χ1n) is 8.42. The van der Waals surface area contributed by atoms with Crippen LogP contribution in [0.25, 0.3) is 11.3 Å². The van der Waals surface area contributed by atoms with Gasteiger partial charge in [0.15, 0.2) is 5.56 Å². The third kappa shape index (κ3) is 4.08. The minimum Gasteiger partial charge on any atom is -0.494 e. The Labute approximate surface area is 155 Å². The normalized spacial score (nSPS) is 10.5. The SMILES string of the molecule is CCOc1ccccc1CNc1onc(-c2ccc(F)cc2)c1C(=O)OC. The molecule has 0 saturated carbocycles. The zero-order valence-electron chi connectivity index (χ0n) is 15.0. The van der Waals surface area contributed by atoms with Gasteiger partial charge < -0.3 is 19.3 Å². The van der Waals surface area contributed by atoms with Gasteiger partial charge in [0.05, 0.1) is 13.7 Å². The van der Waals surface area contributed by atoms with Crippen molar-refractivity contribution in [2.75, 3.05) is 19.0 Å². The van der Waals surface area contributed by atoms with E-state index in [9.17, 15) is 9.18 Å². The maximum atomic E-state index is 13.2. The Morgan fingerprint density at radius 1 is 1.19 bits per heavy atom. The molecule has 6 nitrogen and oxygen atoms in total. The maximum absolute atomic E-state index is 13.2. The molecule has 1 N–H and O–H groups in total. The molecule has 7 heteroatoms. The summed E-state index contributed by atoms with van der Waals surface area (Å²) in [6, 6.07) is 13.2. The molecule has 0 aliphatic heterocycles. The van der Waals surface area contributed by atoms with E-state index < -0.39 is 5.97 Å². The predicted octanol–water partition coefficient (Wildman–Crippen LogP) is 4.28. The molecule has 0 spiro atoms. The van der Waals surface area contributed by atoms with Crippen LogP contribution in [0.3, 0.4) is 0 Å². The summed E-state index contributed by atoms with van der Waals surface area (Å²) in [7, 11) is 1.28. The minimum absolute atomic E-state index is 0.151. The molecule has 140 valence electrons. The lowest BCUT2D eigenvalue weighted by molar-refractivity contribution is 0.0602. The molecule has 1 aromatic heterocycles. The summed E-state index contributed by atoms with van der Waals surface area (Å²) in [5.41, 5.74) is 1.87. The number of methoxy groups -OCH3 is 1. The second-order valence-corrected chi connectivity index (χ2v) is 5.63. The van der Waals surface area contributed by atoms with Crippen molar-refractivity contribution < 1.29 is 23.2 Å². The van der Waals surface area contributed by atoms with Gasteiger partial charge >= 0.3 is 5.97 Å². The summed E-state index contributed by atoms with van der Waals surface area (Å²) in [6.07, 6.45) is 0. The van der Waals surface area contributed by atoms with E-state index >= 15 is 0 Å². The van der Waals surface area contributed by atoms with E-state index in [0.29, 0.717) is 18.7 Å². The van der Waals surface area contributed by atoms with Crippen molar-refractivity contribution in [2.24, 2.45) is 0 Å². The van der Waals surface area contributed by atoms with Gasteiger partial charge in [-0.15, -0.1) is 0 Å². The summed E-state index contributed by atoms with van der Waals surface area (Å²) >= 11 is 0. The monoisotopic (exact) mass is 370 g/mol. The average Bonchev–Trinajstić information content (AvgIpc) is 3.11. The number of nitrogens with one attached hydrogen (secondary N) is 1. The van der Waals surface area contributed by atoms with Crippen LogP contribution in [0, 0.1) is 5.82 Å². The Balaban J connectivity index is 1.90. The van der Waals surface area contributed by atoms with Crippen LogP contribution in [-0.2, 0) is 11.3 Å². The first-order chi connectivity index (χ1) is 13.1. The molecule has 0 fully saturated rings. The number of rotatable bonds is 7. The van der Waals surface area contributed by atoms with Crippen LogP contribution >= 0.6 is 0 Å². The highest BCUT2D eigenvalue weighted by atomic mass is 19.1. The van der Waals surface area contributed by atoms with Gasteiger partial charge in [-0.2, -0.15) is 0 Å². The zero-order valence-corrected chi connectivity index (χ0v) is 15.0. The highest BCUT2D eigenvalue weighted by Gasteiger charge is 2.25. The summed E-state index contributed by atoms with van der Waals surface area (Å²) < 4.78 is 29.0. The molecule has 0 saturated heterocycles. The minimum atomic E-state index is -0.601. The number of para-hydroxylation sites is 1. The van der Waals surface area contributed by atoms with Gasteiger partial charge in [-0.1, -0.05) is 23.4 Å². The van der Waals surface area contributed by atoms with Gasteiger partial charge in [0.2, 0.25) is 5.88 Å². The molecule has 27 heavy (non-hydrogen) atoms. The number of aromatic nitrogens is 1. The molecule has 0 radical (unpaired) electrons. The van der Waals surface area contributed by atoms with E-state index in [4.69, 9.17) is 14.0 Å². The smallest absolute Gasteiger partial charge is 0.345 e. The molecular weight excluding hydrogens is 351 g/mol. The highest BCUT2D eigenvalue weighted by Crippen LogP contribution is 2.30. The van der Waals surface area contributed by atoms with Gasteiger partial charge in [-0.05, 0) is 37.3 Å². The van der Waals surface area contributed by atoms with Crippen LogP contribution in [0.15, 0.2) is 53.1 Å². The van der Waals surface area contributed by atoms with Gasteiger partial charge in [0, 0.05) is 17.7 Å². The van der Waals surface area contributed by atoms with Gasteiger partial charge in [0.25, 0.3) is 0 Å². The number of hydrogen-bond donors (Lipinski definition) is 1. The number of carbonyl (C=O) groups is 1. The van der Waals surface area contributed by atoms with E-state index in [0.717, 1.165) is 11.3 Å². The van der Waals surface area contributed by atoms with Crippen LogP contribution in [0.4, 0.5) is 10.3 Å². The quantitative estimate of drug-likeness (QED) is 0.626. The van der Waals surface area contributed by atoms with Gasteiger partial charge in [-0.3, -0.25) is 0 Å². The number of hydrogen-bond acceptors (Lipinski definition) is 6. The second kappa shape index (κ2) is 8.35. The molecule has 0 aliphatic rings. The van der Waals surface area contributed by atoms with Crippen molar-refractivity contribution in [3.05, 3.63) is 65.5 Å². The fourth-order valence-electron chi connectivity index (χ4n) is 2.63. The molecule has 0 atom stereocenters. The van der Waals surface area contributed by atoms with Crippen molar-refractivity contribution in [3.8, 4) is 17.0 Å². The Bertz CT molecular complexity index is 922. The third-order valence-corrected chi connectivity index (χ3v) is 3.91. The molecule has 1 heterocycles. The van der Waals surface area contributed by atoms with Crippen molar-refractivity contribution in [2.45, 2.75) is 13.5 Å². The third-order valence-electron chi connectivity index (χ3n) is 3.91. The number of anilines is 1. The Kier molecular flexibility index (Phi) is 5.71. The number of ether oxygens (including phenoxy) is 2. The predicted molar refractivity (Wildman–Crippen MR) is 98.2 cm³/mol. The summed E-state index contributed by atoms with van der Waals surface area (Å²) in [5.74, 6) is -0.0678. The molecule has 3 rings (SSSR count). The second-order valence-electron chi connectivity index (χ2n) is 5.63. The molecule has 3 aromatic rings. The lowest BCUT2D eigenvalue weighted by Crippen LogP contribution is -2.08. The molecule has 2 aromatic carbocycles. The lowest BCUT2D eigenvalue weighted by atomic mass is 10.1. The topological polar surface area (TPSA) is 73.6 Å². The summed E-state index contributed by atoms with van der Waals surface area (Å²) in [4.78, 5) is 12.3. The van der Waals surface area contributed by atoms with Crippen LogP contribution in [0.2, 0.25) is 0 Å². The van der Waals surface area contributed by atoms with Crippen molar-refractivity contribution in [1.29, 1.82) is 0 Å². The Morgan fingerprint density at radius 2 is 1.93 bits per heavy atom. The van der Waals surface area contributed by atoms with Crippen molar-refractivity contribution in [3.63, 3.8) is 0 Å². The maximum Gasteiger partial charge on any atom is 0.345 e. The fraction of sp³-hybridized carbons (Fsp3) is 0.200. The number of nitrogens with zero attached hydrogens (tertiary/aromatic N) is 1. The molecule has 0 unspecified atom stereocenters. The van der Waals surface area contributed by atoms with Crippen molar-refractivity contribution in [1.82, 2.24) is 5.16 Å². The van der Waals surface area contributed by atoms with Crippen molar-refractivity contribution >= 4 is 11.9 Å². The highest BCUT2D eigenvalue weighted by molar-refractivity contribution is 6.00. The van der Waals surface area contributed by atoms with Crippen LogP contribution < -0.4 is 10.1 Å². The number of halogens is 1. The van der Waals surface area contributed by atoms with E-state index in [2.05, 4.69) is 10.5 Å². The standard InChI is InChI=1S/C20H19FN2O4/c1-3-26-16-7-5-4-6-14(16)12-22-19-17(20(24)25-2)18(23-27-19)13-8-10-15(21)11-9-13/h4-11,22H,3,12H2,1-2H3. The van der Waals surface area contributed by atoms with E-state index in [1.807, 2.05) is 31.2 Å².